The minimum absolute atomic E-state index is 0.0445. The van der Waals surface area contributed by atoms with Crippen molar-refractivity contribution >= 4 is 11.4 Å². The SMILES string of the molecule is N#Cc1ccc(NC[C@@H]([C@H]2CCOC2)N2CCCC2)c([N+](=O)[O-])c1. The number of hydrogen-bond donors (Lipinski definition) is 1. The van der Waals surface area contributed by atoms with Gasteiger partial charge < -0.3 is 10.1 Å². The fourth-order valence-electron chi connectivity index (χ4n) is 3.64. The number of nitriles is 1. The summed E-state index contributed by atoms with van der Waals surface area (Å²) in [6, 6.07) is 6.83. The lowest BCUT2D eigenvalue weighted by Gasteiger charge is -2.32. The zero-order chi connectivity index (χ0) is 16.9. The van der Waals surface area contributed by atoms with Crippen LogP contribution in [0.4, 0.5) is 11.4 Å². The van der Waals surface area contributed by atoms with Crippen molar-refractivity contribution < 1.29 is 9.66 Å². The van der Waals surface area contributed by atoms with Crippen LogP contribution < -0.4 is 5.32 Å². The molecule has 24 heavy (non-hydrogen) atoms. The van der Waals surface area contributed by atoms with Gasteiger partial charge in [-0.25, -0.2) is 0 Å². The summed E-state index contributed by atoms with van der Waals surface area (Å²) in [6.45, 7) is 4.38. The van der Waals surface area contributed by atoms with Gasteiger partial charge in [0.2, 0.25) is 0 Å². The summed E-state index contributed by atoms with van der Waals surface area (Å²) in [5.74, 6) is 0.466. The van der Waals surface area contributed by atoms with Gasteiger partial charge >= 0.3 is 0 Å². The molecule has 1 N–H and O–H groups in total. The second kappa shape index (κ2) is 7.60. The van der Waals surface area contributed by atoms with Gasteiger partial charge in [-0.15, -0.1) is 0 Å². The second-order valence-electron chi connectivity index (χ2n) is 6.42. The standard InChI is InChI=1S/C17H22N4O3/c18-10-13-3-4-15(16(9-13)21(22)23)19-11-17(14-5-8-24-12-14)20-6-1-2-7-20/h3-4,9,14,17,19H,1-2,5-8,11-12H2/t14-,17-/m0/s1. The molecule has 0 aliphatic carbocycles. The van der Waals surface area contributed by atoms with Crippen molar-refractivity contribution in [2.45, 2.75) is 25.3 Å². The van der Waals surface area contributed by atoms with Crippen LogP contribution in [0.3, 0.4) is 0 Å². The van der Waals surface area contributed by atoms with E-state index in [1.165, 1.54) is 18.9 Å². The van der Waals surface area contributed by atoms with Crippen LogP contribution in [0.1, 0.15) is 24.8 Å². The molecule has 7 nitrogen and oxygen atoms in total. The van der Waals surface area contributed by atoms with Crippen molar-refractivity contribution in [3.05, 3.63) is 33.9 Å². The molecule has 0 saturated carbocycles. The van der Waals surface area contributed by atoms with E-state index in [0.29, 0.717) is 29.8 Å². The Balaban J connectivity index is 1.74. The fraction of sp³-hybridized carbons (Fsp3) is 0.588. The van der Waals surface area contributed by atoms with E-state index in [2.05, 4.69) is 10.2 Å². The monoisotopic (exact) mass is 330 g/mol. The predicted molar refractivity (Wildman–Crippen MR) is 89.8 cm³/mol. The Morgan fingerprint density at radius 1 is 1.46 bits per heavy atom. The third-order valence-electron chi connectivity index (χ3n) is 4.94. The number of anilines is 1. The maximum Gasteiger partial charge on any atom is 0.293 e. The number of rotatable bonds is 6. The fourth-order valence-corrected chi connectivity index (χ4v) is 3.64. The number of ether oxygens (including phenoxy) is 1. The summed E-state index contributed by atoms with van der Waals surface area (Å²) in [7, 11) is 0. The van der Waals surface area contributed by atoms with Crippen LogP contribution in [0, 0.1) is 27.4 Å². The largest absolute Gasteiger partial charge is 0.381 e. The molecule has 1 aromatic carbocycles. The van der Waals surface area contributed by atoms with Crippen LogP contribution in [-0.4, -0.2) is 48.7 Å². The van der Waals surface area contributed by atoms with Crippen molar-refractivity contribution in [2.24, 2.45) is 5.92 Å². The first-order chi connectivity index (χ1) is 11.7. The van der Waals surface area contributed by atoms with Crippen LogP contribution in [0.2, 0.25) is 0 Å². The molecule has 0 bridgehead atoms. The maximum atomic E-state index is 11.3. The van der Waals surface area contributed by atoms with E-state index in [1.807, 2.05) is 6.07 Å². The van der Waals surface area contributed by atoms with E-state index in [0.717, 1.165) is 32.7 Å². The van der Waals surface area contributed by atoms with Crippen molar-refractivity contribution in [1.82, 2.24) is 4.90 Å². The average molecular weight is 330 g/mol. The van der Waals surface area contributed by atoms with E-state index >= 15 is 0 Å². The van der Waals surface area contributed by atoms with Crippen molar-refractivity contribution in [1.29, 1.82) is 5.26 Å². The van der Waals surface area contributed by atoms with Gasteiger partial charge in [0, 0.05) is 31.2 Å². The second-order valence-corrected chi connectivity index (χ2v) is 6.42. The van der Waals surface area contributed by atoms with Crippen LogP contribution in [0.15, 0.2) is 18.2 Å². The molecular formula is C17H22N4O3. The summed E-state index contributed by atoms with van der Waals surface area (Å²) in [5.41, 5.74) is 0.728. The zero-order valence-electron chi connectivity index (χ0n) is 13.6. The molecule has 0 amide bonds. The van der Waals surface area contributed by atoms with Gasteiger partial charge in [-0.3, -0.25) is 15.0 Å². The molecular weight excluding hydrogens is 308 g/mol. The normalized spacial score (nSPS) is 22.2. The number of benzene rings is 1. The van der Waals surface area contributed by atoms with Crippen LogP contribution in [0.5, 0.6) is 0 Å². The number of nitrogens with zero attached hydrogens (tertiary/aromatic N) is 3. The summed E-state index contributed by atoms with van der Waals surface area (Å²) in [5, 5.41) is 23.5. The van der Waals surface area contributed by atoms with Crippen LogP contribution >= 0.6 is 0 Å². The van der Waals surface area contributed by atoms with Crippen LogP contribution in [-0.2, 0) is 4.74 Å². The minimum atomic E-state index is -0.438. The van der Waals surface area contributed by atoms with Gasteiger partial charge in [0.1, 0.15) is 5.69 Å². The van der Waals surface area contributed by atoms with Gasteiger partial charge in [-0.2, -0.15) is 5.26 Å². The topological polar surface area (TPSA) is 91.4 Å². The molecule has 0 spiro atoms. The van der Waals surface area contributed by atoms with E-state index in [-0.39, 0.29) is 5.69 Å². The number of nitro benzene ring substituents is 1. The van der Waals surface area contributed by atoms with E-state index in [1.54, 1.807) is 12.1 Å². The molecule has 0 radical (unpaired) electrons. The molecule has 1 aromatic rings. The Morgan fingerprint density at radius 2 is 2.25 bits per heavy atom. The summed E-state index contributed by atoms with van der Waals surface area (Å²) >= 11 is 0. The smallest absolute Gasteiger partial charge is 0.293 e. The molecule has 2 aliphatic rings. The number of nitro groups is 1. The first kappa shape index (κ1) is 16.7. The van der Waals surface area contributed by atoms with Crippen molar-refractivity contribution in [2.75, 3.05) is 38.2 Å². The molecule has 2 atom stereocenters. The first-order valence-corrected chi connectivity index (χ1v) is 8.43. The molecule has 0 aromatic heterocycles. The Kier molecular flexibility index (Phi) is 5.28. The Bertz CT molecular complexity index is 615. The lowest BCUT2D eigenvalue weighted by Crippen LogP contribution is -2.44. The average Bonchev–Trinajstić information content (AvgIpc) is 3.29. The number of nitrogens with one attached hydrogen (secondary N) is 1. The lowest BCUT2D eigenvalue weighted by atomic mass is 9.97. The van der Waals surface area contributed by atoms with E-state index in [4.69, 9.17) is 10.00 Å². The molecule has 7 heteroatoms. The third kappa shape index (κ3) is 3.66. The minimum Gasteiger partial charge on any atom is -0.381 e. The van der Waals surface area contributed by atoms with Crippen molar-refractivity contribution in [3.63, 3.8) is 0 Å². The third-order valence-corrected chi connectivity index (χ3v) is 4.94. The predicted octanol–water partition coefficient (Wildman–Crippen LogP) is 2.38. The molecule has 128 valence electrons. The molecule has 3 rings (SSSR count). The van der Waals surface area contributed by atoms with Gasteiger partial charge in [0.25, 0.3) is 5.69 Å². The first-order valence-electron chi connectivity index (χ1n) is 8.43. The highest BCUT2D eigenvalue weighted by atomic mass is 16.6. The van der Waals surface area contributed by atoms with E-state index < -0.39 is 4.92 Å². The summed E-state index contributed by atoms with van der Waals surface area (Å²) in [4.78, 5) is 13.3. The molecule has 2 heterocycles. The zero-order valence-corrected chi connectivity index (χ0v) is 13.6. The molecule has 2 aliphatic heterocycles. The molecule has 0 unspecified atom stereocenters. The maximum absolute atomic E-state index is 11.3. The summed E-state index contributed by atoms with van der Waals surface area (Å²) < 4.78 is 5.54. The molecule has 2 saturated heterocycles. The van der Waals surface area contributed by atoms with Gasteiger partial charge in [-0.1, -0.05) is 0 Å². The molecule has 2 fully saturated rings. The van der Waals surface area contributed by atoms with Crippen molar-refractivity contribution in [3.8, 4) is 6.07 Å². The lowest BCUT2D eigenvalue weighted by molar-refractivity contribution is -0.384. The van der Waals surface area contributed by atoms with Crippen LogP contribution in [0.25, 0.3) is 0 Å². The van der Waals surface area contributed by atoms with E-state index in [9.17, 15) is 10.1 Å². The highest BCUT2D eigenvalue weighted by molar-refractivity contribution is 5.64. The Morgan fingerprint density at radius 3 is 2.88 bits per heavy atom. The highest BCUT2D eigenvalue weighted by Crippen LogP contribution is 2.28. The Labute approximate surface area is 141 Å². The quantitative estimate of drug-likeness (QED) is 0.636. The van der Waals surface area contributed by atoms with Gasteiger partial charge in [0.15, 0.2) is 0 Å². The number of likely N-dealkylation sites (tertiary alicyclic amines) is 1. The summed E-state index contributed by atoms with van der Waals surface area (Å²) in [6.07, 6.45) is 3.46. The van der Waals surface area contributed by atoms with Gasteiger partial charge in [-0.05, 0) is 44.5 Å². The highest BCUT2D eigenvalue weighted by Gasteiger charge is 2.32. The Hall–Kier alpha value is -2.17. The number of hydrogen-bond acceptors (Lipinski definition) is 6. The van der Waals surface area contributed by atoms with Gasteiger partial charge in [0.05, 0.1) is 23.2 Å².